The predicted octanol–water partition coefficient (Wildman–Crippen LogP) is 2.20. The monoisotopic (exact) mass is 241 g/mol. The normalized spacial score (nSPS) is 23.6. The molecule has 3 nitrogen and oxygen atoms in total. The van der Waals surface area contributed by atoms with Crippen LogP contribution in [0, 0.1) is 0 Å². The first-order valence-corrected chi connectivity index (χ1v) is 6.64. The molecule has 2 aromatic rings. The molecule has 1 aliphatic carbocycles. The summed E-state index contributed by atoms with van der Waals surface area (Å²) in [6.07, 6.45) is 5.29. The van der Waals surface area contributed by atoms with Crippen LogP contribution in [0.4, 0.5) is 0 Å². The molecule has 0 radical (unpaired) electrons. The van der Waals surface area contributed by atoms with Crippen LogP contribution in [-0.2, 0) is 6.54 Å². The van der Waals surface area contributed by atoms with Gasteiger partial charge in [0.05, 0.1) is 5.52 Å². The maximum Gasteiger partial charge on any atom is 0.0746 e. The van der Waals surface area contributed by atoms with Gasteiger partial charge in [-0.1, -0.05) is 24.3 Å². The van der Waals surface area contributed by atoms with Crippen molar-refractivity contribution < 1.29 is 0 Å². The minimum Gasteiger partial charge on any atom is -0.328 e. The number of nitrogens with zero attached hydrogens (tertiary/aromatic N) is 1. The highest BCUT2D eigenvalue weighted by molar-refractivity contribution is 5.81. The lowest BCUT2D eigenvalue weighted by Gasteiger charge is -2.13. The fraction of sp³-hybridized carbons (Fsp3) is 0.400. The van der Waals surface area contributed by atoms with Gasteiger partial charge in [-0.15, -0.1) is 0 Å². The fourth-order valence-corrected chi connectivity index (χ4v) is 2.77. The molecule has 0 spiro atoms. The van der Waals surface area contributed by atoms with Gasteiger partial charge in [0.1, 0.15) is 0 Å². The number of fused-ring (bicyclic) bond motifs is 1. The van der Waals surface area contributed by atoms with E-state index in [-0.39, 0.29) is 0 Å². The quantitative estimate of drug-likeness (QED) is 0.866. The molecule has 1 aliphatic rings. The van der Waals surface area contributed by atoms with E-state index in [0.717, 1.165) is 24.9 Å². The summed E-state index contributed by atoms with van der Waals surface area (Å²) >= 11 is 0. The Balaban J connectivity index is 1.74. The van der Waals surface area contributed by atoms with Crippen molar-refractivity contribution in [1.29, 1.82) is 0 Å². The summed E-state index contributed by atoms with van der Waals surface area (Å²) in [5, 5.41) is 4.81. The summed E-state index contributed by atoms with van der Waals surface area (Å²) < 4.78 is 0. The minimum atomic E-state index is 0.383. The standard InChI is InChI=1S/C15H19N3/c16-13-6-7-14(9-13)18-10-12-4-1-3-11-5-2-8-17-15(11)12/h1-5,8,13-14,18H,6-7,9-10,16H2. The molecular weight excluding hydrogens is 222 g/mol. The highest BCUT2D eigenvalue weighted by Crippen LogP contribution is 2.19. The number of nitrogens with one attached hydrogen (secondary N) is 1. The zero-order valence-corrected chi connectivity index (χ0v) is 10.5. The van der Waals surface area contributed by atoms with E-state index in [1.54, 1.807) is 0 Å². The van der Waals surface area contributed by atoms with E-state index in [2.05, 4.69) is 34.6 Å². The van der Waals surface area contributed by atoms with E-state index >= 15 is 0 Å². The SMILES string of the molecule is NC1CCC(NCc2cccc3cccnc23)C1. The van der Waals surface area contributed by atoms with Gasteiger partial charge in [-0.05, 0) is 30.9 Å². The van der Waals surface area contributed by atoms with Crippen LogP contribution in [0.5, 0.6) is 0 Å². The van der Waals surface area contributed by atoms with Gasteiger partial charge in [0.2, 0.25) is 0 Å². The molecule has 1 heterocycles. The van der Waals surface area contributed by atoms with Crippen LogP contribution in [0.1, 0.15) is 24.8 Å². The Kier molecular flexibility index (Phi) is 3.26. The molecule has 3 heteroatoms. The van der Waals surface area contributed by atoms with E-state index in [1.807, 2.05) is 12.3 Å². The summed E-state index contributed by atoms with van der Waals surface area (Å²) in [6, 6.07) is 11.4. The van der Waals surface area contributed by atoms with Crippen LogP contribution < -0.4 is 11.1 Å². The first-order chi connectivity index (χ1) is 8.83. The molecule has 0 bridgehead atoms. The van der Waals surface area contributed by atoms with Crippen LogP contribution in [0.3, 0.4) is 0 Å². The molecule has 3 rings (SSSR count). The van der Waals surface area contributed by atoms with Gasteiger partial charge in [0.15, 0.2) is 0 Å². The number of hydrogen-bond donors (Lipinski definition) is 2. The largest absolute Gasteiger partial charge is 0.328 e. The molecule has 0 saturated heterocycles. The number of rotatable bonds is 3. The first kappa shape index (κ1) is 11.6. The molecule has 1 aromatic heterocycles. The predicted molar refractivity (Wildman–Crippen MR) is 74.2 cm³/mol. The zero-order chi connectivity index (χ0) is 12.4. The van der Waals surface area contributed by atoms with Gasteiger partial charge in [0, 0.05) is 30.2 Å². The molecule has 1 aromatic carbocycles. The third-order valence-corrected chi connectivity index (χ3v) is 3.77. The average Bonchev–Trinajstić information content (AvgIpc) is 2.82. The number of pyridine rings is 1. The lowest BCUT2D eigenvalue weighted by atomic mass is 10.1. The average molecular weight is 241 g/mol. The summed E-state index contributed by atoms with van der Waals surface area (Å²) in [7, 11) is 0. The Morgan fingerprint density at radius 1 is 1.22 bits per heavy atom. The van der Waals surface area contributed by atoms with Crippen molar-refractivity contribution in [2.45, 2.75) is 37.9 Å². The lowest BCUT2D eigenvalue weighted by molar-refractivity contribution is 0.518. The van der Waals surface area contributed by atoms with Crippen molar-refractivity contribution in [2.75, 3.05) is 0 Å². The molecular formula is C15H19N3. The molecule has 2 unspecified atom stereocenters. The Morgan fingerprint density at radius 3 is 2.94 bits per heavy atom. The Labute approximate surface area is 107 Å². The molecule has 0 amide bonds. The first-order valence-electron chi connectivity index (χ1n) is 6.64. The van der Waals surface area contributed by atoms with Gasteiger partial charge in [-0.2, -0.15) is 0 Å². The van der Waals surface area contributed by atoms with Crippen LogP contribution in [0.15, 0.2) is 36.5 Å². The van der Waals surface area contributed by atoms with Crippen LogP contribution in [0.25, 0.3) is 10.9 Å². The number of benzene rings is 1. The van der Waals surface area contributed by atoms with Crippen LogP contribution in [0.2, 0.25) is 0 Å². The maximum atomic E-state index is 5.93. The summed E-state index contributed by atoms with van der Waals surface area (Å²) in [4.78, 5) is 4.48. The maximum absolute atomic E-state index is 5.93. The summed E-state index contributed by atoms with van der Waals surface area (Å²) in [5.41, 5.74) is 8.31. The van der Waals surface area contributed by atoms with Crippen molar-refractivity contribution in [3.63, 3.8) is 0 Å². The van der Waals surface area contributed by atoms with Gasteiger partial charge in [-0.25, -0.2) is 0 Å². The van der Waals surface area contributed by atoms with Crippen molar-refractivity contribution in [3.8, 4) is 0 Å². The topological polar surface area (TPSA) is 50.9 Å². The third kappa shape index (κ3) is 2.37. The third-order valence-electron chi connectivity index (χ3n) is 3.77. The smallest absolute Gasteiger partial charge is 0.0746 e. The van der Waals surface area contributed by atoms with E-state index in [9.17, 15) is 0 Å². The minimum absolute atomic E-state index is 0.383. The highest BCUT2D eigenvalue weighted by atomic mass is 14.9. The number of hydrogen-bond acceptors (Lipinski definition) is 3. The van der Waals surface area contributed by atoms with E-state index in [1.165, 1.54) is 17.4 Å². The van der Waals surface area contributed by atoms with Crippen molar-refractivity contribution in [3.05, 3.63) is 42.1 Å². The number of para-hydroxylation sites is 1. The molecule has 94 valence electrons. The lowest BCUT2D eigenvalue weighted by Crippen LogP contribution is -2.28. The van der Waals surface area contributed by atoms with Gasteiger partial charge >= 0.3 is 0 Å². The summed E-state index contributed by atoms with van der Waals surface area (Å²) in [6.45, 7) is 0.881. The Morgan fingerprint density at radius 2 is 2.11 bits per heavy atom. The van der Waals surface area contributed by atoms with Crippen molar-refractivity contribution in [2.24, 2.45) is 5.73 Å². The van der Waals surface area contributed by atoms with Crippen LogP contribution in [-0.4, -0.2) is 17.1 Å². The molecule has 3 N–H and O–H groups in total. The van der Waals surface area contributed by atoms with E-state index in [4.69, 9.17) is 5.73 Å². The second kappa shape index (κ2) is 5.04. The molecule has 1 saturated carbocycles. The van der Waals surface area contributed by atoms with Gasteiger partial charge < -0.3 is 11.1 Å². The number of nitrogens with two attached hydrogens (primary N) is 1. The van der Waals surface area contributed by atoms with Crippen molar-refractivity contribution in [1.82, 2.24) is 10.3 Å². The fourth-order valence-electron chi connectivity index (χ4n) is 2.77. The highest BCUT2D eigenvalue weighted by Gasteiger charge is 2.20. The Bertz CT molecular complexity index is 533. The van der Waals surface area contributed by atoms with E-state index in [0.29, 0.717) is 12.1 Å². The molecule has 1 fully saturated rings. The number of aromatic nitrogens is 1. The molecule has 0 aliphatic heterocycles. The van der Waals surface area contributed by atoms with Crippen molar-refractivity contribution >= 4 is 10.9 Å². The van der Waals surface area contributed by atoms with E-state index < -0.39 is 0 Å². The second-order valence-corrected chi connectivity index (χ2v) is 5.14. The van der Waals surface area contributed by atoms with Gasteiger partial charge in [-0.3, -0.25) is 4.98 Å². The van der Waals surface area contributed by atoms with Crippen LogP contribution >= 0.6 is 0 Å². The summed E-state index contributed by atoms with van der Waals surface area (Å²) in [5.74, 6) is 0. The Hall–Kier alpha value is -1.45. The second-order valence-electron chi connectivity index (χ2n) is 5.14. The molecule has 2 atom stereocenters. The zero-order valence-electron chi connectivity index (χ0n) is 10.5. The molecule has 18 heavy (non-hydrogen) atoms. The van der Waals surface area contributed by atoms with Gasteiger partial charge in [0.25, 0.3) is 0 Å².